The lowest BCUT2D eigenvalue weighted by Crippen LogP contribution is -2.39. The number of benzene rings is 1. The number of hydrogen-bond donors (Lipinski definition) is 2. The van der Waals surface area contributed by atoms with E-state index < -0.39 is 49.3 Å². The summed E-state index contributed by atoms with van der Waals surface area (Å²) in [6.45, 7) is -0.475. The first kappa shape index (κ1) is 14.8. The predicted octanol–water partition coefficient (Wildman–Crippen LogP) is 0.676. The summed E-state index contributed by atoms with van der Waals surface area (Å²) in [6.07, 6.45) is 0.737. The average molecular weight is 308 g/mol. The summed E-state index contributed by atoms with van der Waals surface area (Å²) in [7, 11) is -4.43. The van der Waals surface area contributed by atoms with Crippen LogP contribution in [-0.4, -0.2) is 30.6 Å². The minimum atomic E-state index is -4.43. The van der Waals surface area contributed by atoms with Gasteiger partial charge in [0, 0.05) is 12.1 Å². The summed E-state index contributed by atoms with van der Waals surface area (Å²) in [5, 5.41) is 19.6. The Morgan fingerprint density at radius 2 is 1.95 bits per heavy atom. The number of aliphatic hydroxyl groups is 1. The second kappa shape index (κ2) is 4.72. The highest BCUT2D eigenvalue weighted by molar-refractivity contribution is 7.89. The third-order valence-electron chi connectivity index (χ3n) is 2.99. The van der Waals surface area contributed by atoms with Gasteiger partial charge < -0.3 is 5.11 Å². The second-order valence-electron chi connectivity index (χ2n) is 4.54. The van der Waals surface area contributed by atoms with Gasteiger partial charge in [-0.1, -0.05) is 0 Å². The third-order valence-corrected chi connectivity index (χ3v) is 4.59. The molecule has 1 aliphatic carbocycles. The third kappa shape index (κ3) is 2.62. The molecule has 0 atom stereocenters. The summed E-state index contributed by atoms with van der Waals surface area (Å²) >= 11 is 0. The largest absolute Gasteiger partial charge is 0.394 e. The van der Waals surface area contributed by atoms with Gasteiger partial charge in [-0.25, -0.2) is 17.5 Å². The Bertz CT molecular complexity index is 672. The normalized spacial score (nSPS) is 16.9. The van der Waals surface area contributed by atoms with E-state index in [2.05, 4.69) is 4.72 Å². The van der Waals surface area contributed by atoms with Gasteiger partial charge in [0.15, 0.2) is 0 Å². The molecule has 1 aromatic rings. The standard InChI is InChI=1S/C10H10F2N2O5S/c11-6-3-7(12)9(4-8(6)14(16)17)20(18,19)13-10(5-15)1-2-10/h3-4,13,15H,1-2,5H2. The van der Waals surface area contributed by atoms with E-state index in [9.17, 15) is 27.3 Å². The quantitative estimate of drug-likeness (QED) is 0.614. The molecule has 0 unspecified atom stereocenters. The summed E-state index contributed by atoms with van der Waals surface area (Å²) in [4.78, 5) is 8.38. The van der Waals surface area contributed by atoms with Crippen LogP contribution in [0.15, 0.2) is 17.0 Å². The van der Waals surface area contributed by atoms with E-state index >= 15 is 0 Å². The maximum absolute atomic E-state index is 13.5. The Balaban J connectivity index is 2.46. The lowest BCUT2D eigenvalue weighted by Gasteiger charge is -2.14. The number of nitro benzene ring substituents is 1. The summed E-state index contributed by atoms with van der Waals surface area (Å²) < 4.78 is 52.7. The number of hydrogen-bond acceptors (Lipinski definition) is 5. The number of nitro groups is 1. The Morgan fingerprint density at radius 1 is 1.35 bits per heavy atom. The van der Waals surface area contributed by atoms with Crippen LogP contribution in [0.1, 0.15) is 12.8 Å². The first-order valence-electron chi connectivity index (χ1n) is 5.49. The summed E-state index contributed by atoms with van der Waals surface area (Å²) in [5.41, 5.74) is -2.20. The van der Waals surface area contributed by atoms with Crippen LogP contribution in [0.5, 0.6) is 0 Å². The monoisotopic (exact) mass is 308 g/mol. The Labute approximate surface area is 112 Å². The SMILES string of the molecule is O=[N+]([O-])c1cc(S(=O)(=O)NC2(CO)CC2)c(F)cc1F. The van der Waals surface area contributed by atoms with Gasteiger partial charge in [0.25, 0.3) is 0 Å². The Morgan fingerprint density at radius 3 is 2.40 bits per heavy atom. The van der Waals surface area contributed by atoms with Crippen LogP contribution >= 0.6 is 0 Å². The van der Waals surface area contributed by atoms with Crippen molar-refractivity contribution in [1.29, 1.82) is 0 Å². The van der Waals surface area contributed by atoms with Crippen molar-refractivity contribution in [1.82, 2.24) is 4.72 Å². The molecule has 7 nitrogen and oxygen atoms in total. The molecular formula is C10H10F2N2O5S. The predicted molar refractivity (Wildman–Crippen MR) is 62.4 cm³/mol. The summed E-state index contributed by atoms with van der Waals surface area (Å²) in [6, 6.07) is 0.464. The number of halogens is 2. The molecule has 0 radical (unpaired) electrons. The second-order valence-corrected chi connectivity index (χ2v) is 6.19. The van der Waals surface area contributed by atoms with Crippen LogP contribution in [0, 0.1) is 21.7 Å². The van der Waals surface area contributed by atoms with Crippen LogP contribution < -0.4 is 4.72 Å². The molecular weight excluding hydrogens is 298 g/mol. The van der Waals surface area contributed by atoms with E-state index in [0.29, 0.717) is 18.9 Å². The minimum Gasteiger partial charge on any atom is -0.394 e. The number of rotatable bonds is 5. The van der Waals surface area contributed by atoms with Crippen LogP contribution in [0.25, 0.3) is 0 Å². The molecule has 1 aromatic carbocycles. The van der Waals surface area contributed by atoms with E-state index in [0.717, 1.165) is 0 Å². The maximum Gasteiger partial charge on any atom is 0.306 e. The van der Waals surface area contributed by atoms with Gasteiger partial charge in [-0.3, -0.25) is 10.1 Å². The van der Waals surface area contributed by atoms with Crippen molar-refractivity contribution in [3.8, 4) is 0 Å². The van der Waals surface area contributed by atoms with Gasteiger partial charge in [-0.15, -0.1) is 0 Å². The molecule has 0 aromatic heterocycles. The molecule has 0 saturated heterocycles. The van der Waals surface area contributed by atoms with Crippen LogP contribution in [0.3, 0.4) is 0 Å². The van der Waals surface area contributed by atoms with Crippen molar-refractivity contribution in [2.75, 3.05) is 6.61 Å². The lowest BCUT2D eigenvalue weighted by molar-refractivity contribution is -0.387. The Kier molecular flexibility index (Phi) is 3.48. The summed E-state index contributed by atoms with van der Waals surface area (Å²) in [5.74, 6) is -2.90. The fraction of sp³-hybridized carbons (Fsp3) is 0.400. The number of nitrogens with zero attached hydrogens (tertiary/aromatic N) is 1. The zero-order chi connectivity index (χ0) is 15.1. The van der Waals surface area contributed by atoms with Crippen molar-refractivity contribution in [2.24, 2.45) is 0 Å². The molecule has 0 heterocycles. The molecule has 1 saturated carbocycles. The van der Waals surface area contributed by atoms with Crippen LogP contribution in [0.4, 0.5) is 14.5 Å². The van der Waals surface area contributed by atoms with Gasteiger partial charge in [0.1, 0.15) is 10.7 Å². The zero-order valence-corrected chi connectivity index (χ0v) is 10.8. The smallest absolute Gasteiger partial charge is 0.306 e. The topological polar surface area (TPSA) is 110 Å². The first-order valence-corrected chi connectivity index (χ1v) is 6.97. The Hall–Kier alpha value is -1.65. The van der Waals surface area contributed by atoms with Crippen LogP contribution in [0.2, 0.25) is 0 Å². The van der Waals surface area contributed by atoms with Crippen molar-refractivity contribution < 1.29 is 27.2 Å². The van der Waals surface area contributed by atoms with Gasteiger partial charge in [-0.2, -0.15) is 4.39 Å². The average Bonchev–Trinajstić information content (AvgIpc) is 3.07. The molecule has 0 bridgehead atoms. The van der Waals surface area contributed by atoms with E-state index in [-0.39, 0.29) is 6.07 Å². The fourth-order valence-corrected chi connectivity index (χ4v) is 3.18. The van der Waals surface area contributed by atoms with E-state index in [1.807, 2.05) is 0 Å². The van der Waals surface area contributed by atoms with E-state index in [4.69, 9.17) is 5.11 Å². The van der Waals surface area contributed by atoms with E-state index in [1.165, 1.54) is 0 Å². The molecule has 0 aliphatic heterocycles. The highest BCUT2D eigenvalue weighted by Crippen LogP contribution is 2.37. The van der Waals surface area contributed by atoms with Crippen molar-refractivity contribution in [3.05, 3.63) is 33.9 Å². The molecule has 1 aliphatic rings. The lowest BCUT2D eigenvalue weighted by atomic mass is 10.3. The van der Waals surface area contributed by atoms with Gasteiger partial charge in [0.05, 0.1) is 17.1 Å². The molecule has 1 fully saturated rings. The number of sulfonamides is 1. The van der Waals surface area contributed by atoms with Crippen molar-refractivity contribution in [2.45, 2.75) is 23.3 Å². The molecule has 20 heavy (non-hydrogen) atoms. The molecule has 2 rings (SSSR count). The highest BCUT2D eigenvalue weighted by atomic mass is 32.2. The molecule has 0 spiro atoms. The van der Waals surface area contributed by atoms with Gasteiger partial charge in [0.2, 0.25) is 15.8 Å². The first-order chi connectivity index (χ1) is 9.21. The molecule has 2 N–H and O–H groups in total. The molecule has 110 valence electrons. The van der Waals surface area contributed by atoms with Gasteiger partial charge in [-0.05, 0) is 12.8 Å². The van der Waals surface area contributed by atoms with Crippen molar-refractivity contribution >= 4 is 15.7 Å². The maximum atomic E-state index is 13.5. The molecule has 10 heteroatoms. The van der Waals surface area contributed by atoms with Crippen LogP contribution in [-0.2, 0) is 10.0 Å². The van der Waals surface area contributed by atoms with Crippen molar-refractivity contribution in [3.63, 3.8) is 0 Å². The molecule has 0 amide bonds. The number of nitrogens with one attached hydrogen (secondary N) is 1. The van der Waals surface area contributed by atoms with Gasteiger partial charge >= 0.3 is 5.69 Å². The fourth-order valence-electron chi connectivity index (χ4n) is 1.65. The highest BCUT2D eigenvalue weighted by Gasteiger charge is 2.46. The zero-order valence-electron chi connectivity index (χ0n) is 9.97. The number of aliphatic hydroxyl groups excluding tert-OH is 1. The minimum absolute atomic E-state index is 0.144. The van der Waals surface area contributed by atoms with E-state index in [1.54, 1.807) is 0 Å².